The maximum Gasteiger partial charge on any atom is 0.227 e. The average molecular weight is 186 g/mol. The zero-order valence-electron chi connectivity index (χ0n) is 8.07. The number of nitrogens with zero attached hydrogens (tertiary/aromatic N) is 1. The van der Waals surface area contributed by atoms with Crippen molar-refractivity contribution < 1.29 is 9.90 Å². The van der Waals surface area contributed by atoms with Crippen LogP contribution >= 0.6 is 0 Å². The van der Waals surface area contributed by atoms with E-state index in [1.807, 2.05) is 0 Å². The highest BCUT2D eigenvalue weighted by molar-refractivity contribution is 5.78. The van der Waals surface area contributed by atoms with E-state index in [1.165, 1.54) is 0 Å². The molecule has 0 saturated carbocycles. The second kappa shape index (κ2) is 6.62. The Bertz CT molecular complexity index is 171. The molecule has 0 aromatic rings. The van der Waals surface area contributed by atoms with E-state index >= 15 is 0 Å². The third-order valence-corrected chi connectivity index (χ3v) is 1.81. The van der Waals surface area contributed by atoms with Crippen LogP contribution in [0.3, 0.4) is 0 Å². The lowest BCUT2D eigenvalue weighted by atomic mass is 10.1. The van der Waals surface area contributed by atoms with Gasteiger partial charge in [0.1, 0.15) is 0 Å². The summed E-state index contributed by atoms with van der Waals surface area (Å²) in [7, 11) is 0. The lowest BCUT2D eigenvalue weighted by Gasteiger charge is -2.22. The summed E-state index contributed by atoms with van der Waals surface area (Å²) in [6.07, 6.45) is 1.64. The molecule has 0 aromatic heterocycles. The van der Waals surface area contributed by atoms with Crippen molar-refractivity contribution in [1.82, 2.24) is 4.90 Å². The van der Waals surface area contributed by atoms with Crippen LogP contribution in [-0.4, -0.2) is 42.2 Å². The van der Waals surface area contributed by atoms with Crippen LogP contribution in [0.25, 0.3) is 0 Å². The number of amides is 1. The lowest BCUT2D eigenvalue weighted by molar-refractivity contribution is -0.134. The quantitative estimate of drug-likeness (QED) is 0.554. The first-order valence-corrected chi connectivity index (χ1v) is 4.38. The minimum Gasteiger partial charge on any atom is -0.395 e. The van der Waals surface area contributed by atoms with E-state index in [4.69, 9.17) is 10.8 Å². The zero-order valence-corrected chi connectivity index (χ0v) is 8.07. The molecular weight excluding hydrogens is 168 g/mol. The predicted molar refractivity (Wildman–Crippen MR) is 52.1 cm³/mol. The SMILES string of the molecule is C=CCN(CCO)C(=O)C(C)CN. The lowest BCUT2D eigenvalue weighted by Crippen LogP contribution is -2.39. The van der Waals surface area contributed by atoms with E-state index in [0.29, 0.717) is 19.6 Å². The summed E-state index contributed by atoms with van der Waals surface area (Å²) in [6, 6.07) is 0. The largest absolute Gasteiger partial charge is 0.395 e. The minimum atomic E-state index is -0.188. The molecule has 0 spiro atoms. The van der Waals surface area contributed by atoms with Gasteiger partial charge in [-0.2, -0.15) is 0 Å². The second-order valence-electron chi connectivity index (χ2n) is 2.93. The summed E-state index contributed by atoms with van der Waals surface area (Å²) in [5.74, 6) is -0.219. The molecule has 0 radical (unpaired) electrons. The molecule has 0 heterocycles. The van der Waals surface area contributed by atoms with E-state index in [1.54, 1.807) is 17.9 Å². The standard InChI is InChI=1S/C9H18N2O2/c1-3-4-11(5-6-12)9(13)8(2)7-10/h3,8,12H,1,4-7,10H2,2H3. The van der Waals surface area contributed by atoms with Gasteiger partial charge in [0.15, 0.2) is 0 Å². The summed E-state index contributed by atoms with van der Waals surface area (Å²) in [4.78, 5) is 13.1. The third-order valence-electron chi connectivity index (χ3n) is 1.81. The van der Waals surface area contributed by atoms with Gasteiger partial charge in [-0.1, -0.05) is 13.0 Å². The van der Waals surface area contributed by atoms with Gasteiger partial charge in [-0.05, 0) is 0 Å². The first-order valence-electron chi connectivity index (χ1n) is 4.38. The van der Waals surface area contributed by atoms with Gasteiger partial charge in [-0.25, -0.2) is 0 Å². The number of hydrogen-bond acceptors (Lipinski definition) is 3. The number of carbonyl (C=O) groups is 1. The number of aliphatic hydroxyl groups excluding tert-OH is 1. The van der Waals surface area contributed by atoms with Crippen molar-refractivity contribution >= 4 is 5.91 Å². The Balaban J connectivity index is 4.17. The molecule has 4 nitrogen and oxygen atoms in total. The van der Waals surface area contributed by atoms with Gasteiger partial charge in [0.05, 0.1) is 6.61 Å². The van der Waals surface area contributed by atoms with Crippen molar-refractivity contribution in [3.63, 3.8) is 0 Å². The summed E-state index contributed by atoms with van der Waals surface area (Å²) < 4.78 is 0. The van der Waals surface area contributed by atoms with Gasteiger partial charge in [0, 0.05) is 25.6 Å². The number of hydrogen-bond donors (Lipinski definition) is 2. The van der Waals surface area contributed by atoms with Crippen molar-refractivity contribution in [2.45, 2.75) is 6.92 Å². The van der Waals surface area contributed by atoms with E-state index in [0.717, 1.165) is 0 Å². The van der Waals surface area contributed by atoms with Crippen LogP contribution in [0.1, 0.15) is 6.92 Å². The molecule has 1 unspecified atom stereocenters. The topological polar surface area (TPSA) is 66.6 Å². The molecule has 0 rings (SSSR count). The van der Waals surface area contributed by atoms with Gasteiger partial charge in [-0.3, -0.25) is 4.79 Å². The van der Waals surface area contributed by atoms with Crippen LogP contribution in [0.4, 0.5) is 0 Å². The number of aliphatic hydroxyl groups is 1. The van der Waals surface area contributed by atoms with Crippen molar-refractivity contribution in [2.75, 3.05) is 26.2 Å². The Morgan fingerprint density at radius 2 is 2.38 bits per heavy atom. The fourth-order valence-corrected chi connectivity index (χ4v) is 0.980. The highest BCUT2D eigenvalue weighted by Crippen LogP contribution is 2.00. The predicted octanol–water partition coefficient (Wildman–Crippen LogP) is -0.412. The normalized spacial score (nSPS) is 12.2. The van der Waals surface area contributed by atoms with Gasteiger partial charge < -0.3 is 15.7 Å². The first-order chi connectivity index (χ1) is 6.17. The Labute approximate surface area is 79.0 Å². The third kappa shape index (κ3) is 4.05. The summed E-state index contributed by atoms with van der Waals surface area (Å²) >= 11 is 0. The van der Waals surface area contributed by atoms with Crippen molar-refractivity contribution in [2.24, 2.45) is 11.7 Å². The molecule has 4 heteroatoms. The Morgan fingerprint density at radius 1 is 1.77 bits per heavy atom. The van der Waals surface area contributed by atoms with Crippen LogP contribution in [0.15, 0.2) is 12.7 Å². The maximum absolute atomic E-state index is 11.5. The van der Waals surface area contributed by atoms with Crippen LogP contribution in [0, 0.1) is 5.92 Å². The van der Waals surface area contributed by atoms with Crippen molar-refractivity contribution in [3.8, 4) is 0 Å². The average Bonchev–Trinajstić information content (AvgIpc) is 2.15. The van der Waals surface area contributed by atoms with E-state index < -0.39 is 0 Å². The second-order valence-corrected chi connectivity index (χ2v) is 2.93. The molecule has 0 saturated heterocycles. The van der Waals surface area contributed by atoms with Gasteiger partial charge in [0.25, 0.3) is 0 Å². The van der Waals surface area contributed by atoms with E-state index in [9.17, 15) is 4.79 Å². The van der Waals surface area contributed by atoms with Crippen LogP contribution < -0.4 is 5.73 Å². The molecule has 0 bridgehead atoms. The molecule has 0 aromatic carbocycles. The van der Waals surface area contributed by atoms with E-state index in [2.05, 4.69) is 6.58 Å². The fraction of sp³-hybridized carbons (Fsp3) is 0.667. The summed E-state index contributed by atoms with van der Waals surface area (Å²) in [5, 5.41) is 8.71. The Kier molecular flexibility index (Phi) is 6.18. The van der Waals surface area contributed by atoms with E-state index in [-0.39, 0.29) is 18.4 Å². The Morgan fingerprint density at radius 3 is 2.77 bits per heavy atom. The van der Waals surface area contributed by atoms with Gasteiger partial charge in [-0.15, -0.1) is 6.58 Å². The van der Waals surface area contributed by atoms with Crippen LogP contribution in [0.2, 0.25) is 0 Å². The number of nitrogens with two attached hydrogens (primary N) is 1. The Hall–Kier alpha value is -0.870. The van der Waals surface area contributed by atoms with Crippen LogP contribution in [0.5, 0.6) is 0 Å². The monoisotopic (exact) mass is 186 g/mol. The molecule has 1 amide bonds. The molecule has 1 atom stereocenters. The molecule has 13 heavy (non-hydrogen) atoms. The summed E-state index contributed by atoms with van der Waals surface area (Å²) in [6.45, 7) is 6.42. The summed E-state index contributed by atoms with van der Waals surface area (Å²) in [5.41, 5.74) is 5.37. The molecular formula is C9H18N2O2. The highest BCUT2D eigenvalue weighted by atomic mass is 16.3. The van der Waals surface area contributed by atoms with Gasteiger partial charge >= 0.3 is 0 Å². The molecule has 0 fully saturated rings. The maximum atomic E-state index is 11.5. The van der Waals surface area contributed by atoms with Gasteiger partial charge in [0.2, 0.25) is 5.91 Å². The minimum absolute atomic E-state index is 0.0309. The smallest absolute Gasteiger partial charge is 0.227 e. The highest BCUT2D eigenvalue weighted by Gasteiger charge is 2.17. The molecule has 76 valence electrons. The number of rotatable bonds is 6. The first kappa shape index (κ1) is 12.1. The number of carbonyl (C=O) groups excluding carboxylic acids is 1. The molecule has 3 N–H and O–H groups in total. The van der Waals surface area contributed by atoms with Crippen LogP contribution in [-0.2, 0) is 4.79 Å². The van der Waals surface area contributed by atoms with Crippen molar-refractivity contribution in [3.05, 3.63) is 12.7 Å². The molecule has 0 aliphatic carbocycles. The molecule has 0 aliphatic heterocycles. The fourth-order valence-electron chi connectivity index (χ4n) is 0.980. The molecule has 0 aliphatic rings. The zero-order chi connectivity index (χ0) is 10.3. The van der Waals surface area contributed by atoms with Crippen molar-refractivity contribution in [1.29, 1.82) is 0 Å².